The van der Waals surface area contributed by atoms with E-state index < -0.39 is 0 Å². The Bertz CT molecular complexity index is 1090. The van der Waals surface area contributed by atoms with Gasteiger partial charge in [-0.05, 0) is 52.6 Å². The van der Waals surface area contributed by atoms with Crippen molar-refractivity contribution >= 4 is 5.91 Å². The molecular formula is C19H18N8O. The van der Waals surface area contributed by atoms with Crippen LogP contribution in [-0.4, -0.2) is 41.3 Å². The van der Waals surface area contributed by atoms with Crippen molar-refractivity contribution in [2.45, 2.75) is 19.9 Å². The lowest BCUT2D eigenvalue weighted by Crippen LogP contribution is -2.30. The number of tetrazole rings is 1. The fraction of sp³-hybridized carbons (Fsp3) is 0.158. The first kappa shape index (κ1) is 17.5. The molecule has 0 fully saturated rings. The molecule has 3 aromatic heterocycles. The van der Waals surface area contributed by atoms with Crippen molar-refractivity contribution in [1.82, 2.24) is 40.7 Å². The van der Waals surface area contributed by atoms with Crippen LogP contribution in [0.15, 0.2) is 55.2 Å². The van der Waals surface area contributed by atoms with Crippen LogP contribution >= 0.6 is 0 Å². The van der Waals surface area contributed by atoms with Crippen LogP contribution in [0, 0.1) is 13.8 Å². The maximum absolute atomic E-state index is 13.1. The number of carbonyl (C=O) groups excluding carboxylic acids is 1. The van der Waals surface area contributed by atoms with Gasteiger partial charge in [0.25, 0.3) is 5.91 Å². The van der Waals surface area contributed by atoms with Gasteiger partial charge in [-0.2, -0.15) is 9.78 Å². The standard InChI is InChI=1S/C19H18N8O/c1-12-5-6-14(8-13(12)2)17(15-4-3-7-20-9-15)23-19(28)16-10-21-24-18(16)27-11-22-25-26-27/h3-11,17H,1-2H3,(H,21,24)(H,23,28)/t17-/m0/s1. The Morgan fingerprint density at radius 3 is 2.75 bits per heavy atom. The number of nitrogens with zero attached hydrogens (tertiary/aromatic N) is 6. The van der Waals surface area contributed by atoms with E-state index in [4.69, 9.17) is 0 Å². The molecule has 0 aliphatic carbocycles. The Morgan fingerprint density at radius 1 is 1.14 bits per heavy atom. The average Bonchev–Trinajstić information content (AvgIpc) is 3.40. The fourth-order valence-electron chi connectivity index (χ4n) is 2.94. The van der Waals surface area contributed by atoms with Crippen molar-refractivity contribution in [1.29, 1.82) is 0 Å². The van der Waals surface area contributed by atoms with Crippen LogP contribution < -0.4 is 5.32 Å². The molecule has 0 saturated heterocycles. The number of benzene rings is 1. The lowest BCUT2D eigenvalue weighted by Gasteiger charge is -2.20. The van der Waals surface area contributed by atoms with Crippen LogP contribution in [0.3, 0.4) is 0 Å². The molecule has 2 N–H and O–H groups in total. The molecule has 3 heterocycles. The number of hydrogen-bond acceptors (Lipinski definition) is 6. The molecule has 0 unspecified atom stereocenters. The van der Waals surface area contributed by atoms with Crippen molar-refractivity contribution in [3.05, 3.63) is 83.1 Å². The van der Waals surface area contributed by atoms with Crippen LogP contribution in [0.4, 0.5) is 0 Å². The van der Waals surface area contributed by atoms with E-state index in [9.17, 15) is 4.79 Å². The van der Waals surface area contributed by atoms with Crippen molar-refractivity contribution in [3.8, 4) is 5.82 Å². The third-order valence-electron chi connectivity index (χ3n) is 4.60. The van der Waals surface area contributed by atoms with Crippen LogP contribution in [0.2, 0.25) is 0 Å². The highest BCUT2D eigenvalue weighted by molar-refractivity contribution is 5.97. The normalized spacial score (nSPS) is 11.9. The predicted molar refractivity (Wildman–Crippen MR) is 101 cm³/mol. The van der Waals surface area contributed by atoms with E-state index in [-0.39, 0.29) is 11.9 Å². The molecule has 4 aromatic rings. The van der Waals surface area contributed by atoms with Gasteiger partial charge in [-0.1, -0.05) is 24.3 Å². The second-order valence-corrected chi connectivity index (χ2v) is 6.42. The Morgan fingerprint density at radius 2 is 2.04 bits per heavy atom. The van der Waals surface area contributed by atoms with Crippen LogP contribution in [0.1, 0.15) is 38.7 Å². The number of aromatic amines is 1. The maximum atomic E-state index is 13.1. The molecule has 0 saturated carbocycles. The Hall–Kier alpha value is -3.88. The van der Waals surface area contributed by atoms with Crippen molar-refractivity contribution in [3.63, 3.8) is 0 Å². The first-order chi connectivity index (χ1) is 13.6. The summed E-state index contributed by atoms with van der Waals surface area (Å²) in [6.45, 7) is 4.10. The molecule has 9 nitrogen and oxygen atoms in total. The Labute approximate surface area is 160 Å². The number of aromatic nitrogens is 7. The Kier molecular flexibility index (Phi) is 4.63. The van der Waals surface area contributed by atoms with Gasteiger partial charge in [-0.3, -0.25) is 14.9 Å². The van der Waals surface area contributed by atoms with Gasteiger partial charge in [0, 0.05) is 12.4 Å². The number of rotatable bonds is 5. The summed E-state index contributed by atoms with van der Waals surface area (Å²) in [4.78, 5) is 17.3. The third-order valence-corrected chi connectivity index (χ3v) is 4.60. The first-order valence-corrected chi connectivity index (χ1v) is 8.68. The van der Waals surface area contributed by atoms with Crippen LogP contribution in [-0.2, 0) is 0 Å². The molecule has 0 aliphatic rings. The molecule has 1 atom stereocenters. The number of hydrogen-bond donors (Lipinski definition) is 2. The van der Waals surface area contributed by atoms with E-state index in [1.165, 1.54) is 22.8 Å². The van der Waals surface area contributed by atoms with Gasteiger partial charge in [-0.25, -0.2) is 0 Å². The largest absolute Gasteiger partial charge is 0.341 e. The minimum Gasteiger partial charge on any atom is -0.341 e. The van der Waals surface area contributed by atoms with Crippen molar-refractivity contribution < 1.29 is 4.79 Å². The monoisotopic (exact) mass is 374 g/mol. The summed E-state index contributed by atoms with van der Waals surface area (Å²) in [5.74, 6) is 0.0962. The zero-order valence-corrected chi connectivity index (χ0v) is 15.4. The highest BCUT2D eigenvalue weighted by atomic mass is 16.1. The maximum Gasteiger partial charge on any atom is 0.257 e. The quantitative estimate of drug-likeness (QED) is 0.552. The van der Waals surface area contributed by atoms with Crippen molar-refractivity contribution in [2.75, 3.05) is 0 Å². The molecule has 28 heavy (non-hydrogen) atoms. The Balaban J connectivity index is 1.70. The number of amides is 1. The van der Waals surface area contributed by atoms with Gasteiger partial charge in [0.15, 0.2) is 5.82 Å². The summed E-state index contributed by atoms with van der Waals surface area (Å²) in [5.41, 5.74) is 4.53. The van der Waals surface area contributed by atoms with Gasteiger partial charge in [-0.15, -0.1) is 5.10 Å². The predicted octanol–water partition coefficient (Wildman–Crippen LogP) is 1.92. The minimum absolute atomic E-state index is 0.300. The molecule has 140 valence electrons. The number of H-pyrrole nitrogens is 1. The summed E-state index contributed by atoms with van der Waals surface area (Å²) in [6, 6.07) is 9.55. The molecule has 9 heteroatoms. The van der Waals surface area contributed by atoms with Gasteiger partial charge in [0.2, 0.25) is 0 Å². The average molecular weight is 374 g/mol. The van der Waals surface area contributed by atoms with Crippen LogP contribution in [0.25, 0.3) is 5.82 Å². The zero-order chi connectivity index (χ0) is 19.5. The van der Waals surface area contributed by atoms with E-state index in [2.05, 4.69) is 49.0 Å². The highest BCUT2D eigenvalue weighted by Crippen LogP contribution is 2.24. The van der Waals surface area contributed by atoms with E-state index in [1.54, 1.807) is 12.4 Å². The smallest absolute Gasteiger partial charge is 0.257 e. The van der Waals surface area contributed by atoms with E-state index in [1.807, 2.05) is 31.2 Å². The molecule has 0 spiro atoms. The summed E-state index contributed by atoms with van der Waals surface area (Å²) in [5, 5.41) is 20.8. The first-order valence-electron chi connectivity index (χ1n) is 8.68. The number of nitrogens with one attached hydrogen (secondary N) is 2. The molecule has 0 aliphatic heterocycles. The fourth-order valence-corrected chi connectivity index (χ4v) is 2.94. The topological polar surface area (TPSA) is 114 Å². The lowest BCUT2D eigenvalue weighted by atomic mass is 9.96. The number of pyridine rings is 1. The van der Waals surface area contributed by atoms with Gasteiger partial charge in [0.1, 0.15) is 11.9 Å². The minimum atomic E-state index is -0.364. The summed E-state index contributed by atoms with van der Waals surface area (Å²) in [7, 11) is 0. The molecular weight excluding hydrogens is 356 g/mol. The molecule has 1 amide bonds. The molecule has 0 bridgehead atoms. The summed E-state index contributed by atoms with van der Waals surface area (Å²) >= 11 is 0. The van der Waals surface area contributed by atoms with E-state index in [0.717, 1.165) is 16.7 Å². The second-order valence-electron chi connectivity index (χ2n) is 6.42. The summed E-state index contributed by atoms with van der Waals surface area (Å²) < 4.78 is 1.36. The molecule has 0 radical (unpaired) electrons. The van der Waals surface area contributed by atoms with E-state index >= 15 is 0 Å². The number of carbonyl (C=O) groups is 1. The second kappa shape index (κ2) is 7.39. The van der Waals surface area contributed by atoms with Gasteiger partial charge < -0.3 is 5.32 Å². The van der Waals surface area contributed by atoms with Crippen molar-refractivity contribution in [2.24, 2.45) is 0 Å². The summed E-state index contributed by atoms with van der Waals surface area (Å²) in [6.07, 6.45) is 6.30. The van der Waals surface area contributed by atoms with Gasteiger partial charge >= 0.3 is 0 Å². The zero-order valence-electron chi connectivity index (χ0n) is 15.4. The number of aryl methyl sites for hydroxylation is 2. The lowest BCUT2D eigenvalue weighted by molar-refractivity contribution is 0.0943. The molecule has 1 aromatic carbocycles. The third kappa shape index (κ3) is 3.37. The van der Waals surface area contributed by atoms with E-state index in [0.29, 0.717) is 11.4 Å². The SMILES string of the molecule is Cc1ccc([C@H](NC(=O)c2cn[nH]c2-n2cnnn2)c2cccnc2)cc1C. The molecule has 4 rings (SSSR count). The highest BCUT2D eigenvalue weighted by Gasteiger charge is 2.22. The van der Waals surface area contributed by atoms with Crippen LogP contribution in [0.5, 0.6) is 0 Å². The van der Waals surface area contributed by atoms with Gasteiger partial charge in [0.05, 0.1) is 12.2 Å².